The highest BCUT2D eigenvalue weighted by Crippen LogP contribution is 2.44. The second-order valence-corrected chi connectivity index (χ2v) is 6.13. The normalized spacial score (nSPS) is 24.3. The zero-order chi connectivity index (χ0) is 12.6. The molecular formula is C14H24ClN3O. The van der Waals surface area contributed by atoms with Crippen molar-refractivity contribution in [3.63, 3.8) is 0 Å². The summed E-state index contributed by atoms with van der Waals surface area (Å²) >= 11 is 0. The van der Waals surface area contributed by atoms with E-state index >= 15 is 0 Å². The van der Waals surface area contributed by atoms with Gasteiger partial charge in [0, 0.05) is 5.41 Å². The number of nitrogens with two attached hydrogens (primary N) is 1. The van der Waals surface area contributed by atoms with Crippen molar-refractivity contribution in [2.45, 2.75) is 75.7 Å². The van der Waals surface area contributed by atoms with E-state index in [1.807, 2.05) is 0 Å². The molecule has 0 spiro atoms. The molecule has 0 aromatic carbocycles. The molecule has 0 aliphatic heterocycles. The van der Waals surface area contributed by atoms with Gasteiger partial charge in [0.2, 0.25) is 5.89 Å². The van der Waals surface area contributed by atoms with Crippen LogP contribution < -0.4 is 5.73 Å². The second-order valence-electron chi connectivity index (χ2n) is 6.13. The van der Waals surface area contributed by atoms with Gasteiger partial charge in [-0.05, 0) is 32.1 Å². The monoisotopic (exact) mass is 285 g/mol. The number of aromatic nitrogens is 2. The first kappa shape index (κ1) is 14.8. The Morgan fingerprint density at radius 3 is 2.26 bits per heavy atom. The van der Waals surface area contributed by atoms with Gasteiger partial charge in [0.05, 0.1) is 5.54 Å². The second kappa shape index (κ2) is 5.41. The van der Waals surface area contributed by atoms with Gasteiger partial charge < -0.3 is 10.3 Å². The average molecular weight is 286 g/mol. The zero-order valence-corrected chi connectivity index (χ0v) is 12.5. The fourth-order valence-electron chi connectivity index (χ4n) is 3.64. The van der Waals surface area contributed by atoms with Crippen LogP contribution in [0.15, 0.2) is 4.52 Å². The van der Waals surface area contributed by atoms with Crippen LogP contribution in [0.1, 0.15) is 76.4 Å². The number of hydrogen-bond acceptors (Lipinski definition) is 4. The number of rotatable bonds is 3. The quantitative estimate of drug-likeness (QED) is 0.924. The van der Waals surface area contributed by atoms with Crippen LogP contribution >= 0.6 is 12.4 Å². The third kappa shape index (κ3) is 2.40. The van der Waals surface area contributed by atoms with Crippen molar-refractivity contribution in [1.82, 2.24) is 10.1 Å². The van der Waals surface area contributed by atoms with Crippen molar-refractivity contribution in [3.8, 4) is 0 Å². The smallest absolute Gasteiger partial charge is 0.232 e. The van der Waals surface area contributed by atoms with Crippen LogP contribution in [-0.4, -0.2) is 10.1 Å². The Labute approximate surface area is 120 Å². The summed E-state index contributed by atoms with van der Waals surface area (Å²) in [5.41, 5.74) is 6.21. The Morgan fingerprint density at radius 2 is 1.68 bits per heavy atom. The third-order valence-electron chi connectivity index (χ3n) is 5.06. The van der Waals surface area contributed by atoms with Crippen LogP contribution in [-0.2, 0) is 11.0 Å². The molecule has 2 fully saturated rings. The lowest BCUT2D eigenvalue weighted by Gasteiger charge is -2.22. The standard InChI is InChI=1S/C14H23N3O.ClH/c1-2-13(7-3-4-8-13)12-16-11(17-18-12)14(15)9-5-6-10-14;/h2-10,15H2,1H3;1H. The predicted octanol–water partition coefficient (Wildman–Crippen LogP) is 3.44. The summed E-state index contributed by atoms with van der Waals surface area (Å²) < 4.78 is 5.58. The molecular weight excluding hydrogens is 262 g/mol. The van der Waals surface area contributed by atoms with Gasteiger partial charge in [0.15, 0.2) is 5.82 Å². The number of halogens is 1. The molecule has 2 aliphatic carbocycles. The Bertz CT molecular complexity index is 420. The van der Waals surface area contributed by atoms with Crippen LogP contribution in [0.25, 0.3) is 0 Å². The summed E-state index contributed by atoms with van der Waals surface area (Å²) in [5.74, 6) is 1.59. The van der Waals surface area contributed by atoms with Gasteiger partial charge >= 0.3 is 0 Å². The highest BCUT2D eigenvalue weighted by atomic mass is 35.5. The molecule has 108 valence electrons. The van der Waals surface area contributed by atoms with E-state index in [1.165, 1.54) is 38.5 Å². The molecule has 1 heterocycles. The SMILES string of the molecule is CCC1(c2nc(C3(N)CCCC3)no2)CCCC1.Cl. The van der Waals surface area contributed by atoms with Crippen LogP contribution in [0.2, 0.25) is 0 Å². The van der Waals surface area contributed by atoms with Gasteiger partial charge in [-0.2, -0.15) is 4.98 Å². The molecule has 0 amide bonds. The average Bonchev–Trinajstić information content (AvgIpc) is 3.09. The topological polar surface area (TPSA) is 64.9 Å². The summed E-state index contributed by atoms with van der Waals surface area (Å²) in [4.78, 5) is 4.69. The summed E-state index contributed by atoms with van der Waals surface area (Å²) in [6.45, 7) is 2.23. The minimum Gasteiger partial charge on any atom is -0.339 e. The maximum Gasteiger partial charge on any atom is 0.232 e. The van der Waals surface area contributed by atoms with Crippen molar-refractivity contribution < 1.29 is 4.52 Å². The molecule has 19 heavy (non-hydrogen) atoms. The lowest BCUT2D eigenvalue weighted by atomic mass is 9.83. The molecule has 3 rings (SSSR count). The fourth-order valence-corrected chi connectivity index (χ4v) is 3.64. The van der Waals surface area contributed by atoms with E-state index in [0.717, 1.165) is 31.0 Å². The summed E-state index contributed by atoms with van der Waals surface area (Å²) in [6.07, 6.45) is 10.4. The highest BCUT2D eigenvalue weighted by Gasteiger charge is 2.42. The summed E-state index contributed by atoms with van der Waals surface area (Å²) in [6, 6.07) is 0. The Kier molecular flexibility index (Phi) is 4.21. The van der Waals surface area contributed by atoms with Gasteiger partial charge in [-0.15, -0.1) is 12.4 Å². The van der Waals surface area contributed by atoms with Crippen LogP contribution in [0, 0.1) is 0 Å². The van der Waals surface area contributed by atoms with Crippen LogP contribution in [0.5, 0.6) is 0 Å². The van der Waals surface area contributed by atoms with Gasteiger partial charge in [0.1, 0.15) is 0 Å². The zero-order valence-electron chi connectivity index (χ0n) is 11.7. The lowest BCUT2D eigenvalue weighted by molar-refractivity contribution is 0.268. The summed E-state index contributed by atoms with van der Waals surface area (Å²) in [7, 11) is 0. The Balaban J connectivity index is 0.00000133. The molecule has 0 saturated heterocycles. The van der Waals surface area contributed by atoms with E-state index in [-0.39, 0.29) is 23.4 Å². The maximum atomic E-state index is 6.39. The lowest BCUT2D eigenvalue weighted by Crippen LogP contribution is -2.34. The Hall–Kier alpha value is -0.610. The van der Waals surface area contributed by atoms with E-state index in [1.54, 1.807) is 0 Å². The largest absolute Gasteiger partial charge is 0.339 e. The van der Waals surface area contributed by atoms with Crippen LogP contribution in [0.4, 0.5) is 0 Å². The minimum absolute atomic E-state index is 0. The molecule has 1 aromatic heterocycles. The van der Waals surface area contributed by atoms with Crippen molar-refractivity contribution in [1.29, 1.82) is 0 Å². The minimum atomic E-state index is -0.324. The van der Waals surface area contributed by atoms with Crippen molar-refractivity contribution >= 4 is 12.4 Å². The van der Waals surface area contributed by atoms with Gasteiger partial charge in [-0.3, -0.25) is 0 Å². The third-order valence-corrected chi connectivity index (χ3v) is 5.06. The first-order valence-corrected chi connectivity index (χ1v) is 7.32. The van der Waals surface area contributed by atoms with Gasteiger partial charge in [-0.1, -0.05) is 37.8 Å². The van der Waals surface area contributed by atoms with E-state index in [0.29, 0.717) is 0 Å². The molecule has 4 nitrogen and oxygen atoms in total. The number of hydrogen-bond donors (Lipinski definition) is 1. The molecule has 2 N–H and O–H groups in total. The van der Waals surface area contributed by atoms with E-state index in [2.05, 4.69) is 17.1 Å². The predicted molar refractivity (Wildman–Crippen MR) is 76.3 cm³/mol. The Morgan fingerprint density at radius 1 is 1.11 bits per heavy atom. The molecule has 0 radical (unpaired) electrons. The maximum absolute atomic E-state index is 6.39. The first-order chi connectivity index (χ1) is 8.69. The molecule has 1 aromatic rings. The van der Waals surface area contributed by atoms with Crippen molar-refractivity contribution in [2.75, 3.05) is 0 Å². The molecule has 2 saturated carbocycles. The fraction of sp³-hybridized carbons (Fsp3) is 0.857. The highest BCUT2D eigenvalue weighted by molar-refractivity contribution is 5.85. The summed E-state index contributed by atoms with van der Waals surface area (Å²) in [5, 5.41) is 4.20. The van der Waals surface area contributed by atoms with Crippen molar-refractivity contribution in [2.24, 2.45) is 5.73 Å². The van der Waals surface area contributed by atoms with Gasteiger partial charge in [0.25, 0.3) is 0 Å². The molecule has 5 heteroatoms. The van der Waals surface area contributed by atoms with Crippen LogP contribution in [0.3, 0.4) is 0 Å². The van der Waals surface area contributed by atoms with E-state index in [9.17, 15) is 0 Å². The molecule has 0 bridgehead atoms. The van der Waals surface area contributed by atoms with Gasteiger partial charge in [-0.25, -0.2) is 0 Å². The molecule has 0 unspecified atom stereocenters. The van der Waals surface area contributed by atoms with Crippen molar-refractivity contribution in [3.05, 3.63) is 11.7 Å². The van der Waals surface area contributed by atoms with E-state index < -0.39 is 0 Å². The molecule has 2 aliphatic rings. The first-order valence-electron chi connectivity index (χ1n) is 7.32. The van der Waals surface area contributed by atoms with E-state index in [4.69, 9.17) is 10.3 Å². The molecule has 0 atom stereocenters. The number of nitrogens with zero attached hydrogens (tertiary/aromatic N) is 2.